The molecule has 2 N–H and O–H groups in total. The van der Waals surface area contributed by atoms with E-state index in [0.29, 0.717) is 25.8 Å². The van der Waals surface area contributed by atoms with Crippen molar-refractivity contribution in [2.45, 2.75) is 25.7 Å². The van der Waals surface area contributed by atoms with E-state index in [0.717, 1.165) is 10.2 Å². The number of hydrogen-bond donors (Lipinski definition) is 2. The number of carboxylic acids is 1. The highest BCUT2D eigenvalue weighted by Crippen LogP contribution is 2.31. The van der Waals surface area contributed by atoms with Crippen molar-refractivity contribution in [2.75, 3.05) is 6.54 Å². The number of rotatable bonds is 5. The summed E-state index contributed by atoms with van der Waals surface area (Å²) in [5.41, 5.74) is 0. The molecule has 104 valence electrons. The molecule has 0 aromatic carbocycles. The third-order valence-corrected chi connectivity index (χ3v) is 5.14. The fraction of sp³-hybridized carbons (Fsp3) is 0.538. The smallest absolute Gasteiger partial charge is 0.306 e. The number of halogens is 1. The highest BCUT2D eigenvalue weighted by atomic mass is 79.9. The summed E-state index contributed by atoms with van der Waals surface area (Å²) in [5.74, 6) is -1.25. The van der Waals surface area contributed by atoms with Crippen LogP contribution in [0.4, 0.5) is 0 Å². The maximum Gasteiger partial charge on any atom is 0.306 e. The molecule has 2 atom stereocenters. The summed E-state index contributed by atoms with van der Waals surface area (Å²) in [6.45, 7) is 0.611. The number of carbonyl (C=O) groups is 2. The van der Waals surface area contributed by atoms with Crippen LogP contribution in [0.3, 0.4) is 0 Å². The molecule has 1 aromatic heterocycles. The Balaban J connectivity index is 1.72. The van der Waals surface area contributed by atoms with E-state index >= 15 is 0 Å². The zero-order valence-corrected chi connectivity index (χ0v) is 12.8. The minimum absolute atomic E-state index is 0.000582. The van der Waals surface area contributed by atoms with Gasteiger partial charge in [-0.15, -0.1) is 11.3 Å². The predicted octanol–water partition coefficient (Wildman–Crippen LogP) is 2.67. The van der Waals surface area contributed by atoms with Gasteiger partial charge in [0.15, 0.2) is 0 Å². The lowest BCUT2D eigenvalue weighted by molar-refractivity contribution is -0.141. The minimum atomic E-state index is -0.779. The summed E-state index contributed by atoms with van der Waals surface area (Å²) >= 11 is 5.07. The largest absolute Gasteiger partial charge is 0.481 e. The predicted molar refractivity (Wildman–Crippen MR) is 77.2 cm³/mol. The lowest BCUT2D eigenvalue weighted by Gasteiger charge is -2.10. The third-order valence-electron chi connectivity index (χ3n) is 3.45. The molecule has 2 unspecified atom stereocenters. The van der Waals surface area contributed by atoms with E-state index in [9.17, 15) is 9.59 Å². The van der Waals surface area contributed by atoms with E-state index in [2.05, 4.69) is 21.2 Å². The van der Waals surface area contributed by atoms with E-state index in [4.69, 9.17) is 5.11 Å². The monoisotopic (exact) mass is 345 g/mol. The van der Waals surface area contributed by atoms with Crippen LogP contribution in [0.5, 0.6) is 0 Å². The van der Waals surface area contributed by atoms with Crippen LogP contribution < -0.4 is 5.32 Å². The van der Waals surface area contributed by atoms with E-state index in [1.807, 2.05) is 12.1 Å². The molecular weight excluding hydrogens is 330 g/mol. The van der Waals surface area contributed by atoms with E-state index < -0.39 is 5.97 Å². The highest BCUT2D eigenvalue weighted by molar-refractivity contribution is 9.11. The van der Waals surface area contributed by atoms with E-state index in [1.54, 1.807) is 11.3 Å². The Morgan fingerprint density at radius 2 is 2.11 bits per heavy atom. The second kappa shape index (κ2) is 6.52. The maximum absolute atomic E-state index is 11.9. The molecule has 1 aliphatic carbocycles. The fourth-order valence-electron chi connectivity index (χ4n) is 2.38. The van der Waals surface area contributed by atoms with Crippen LogP contribution in [0.1, 0.15) is 24.1 Å². The van der Waals surface area contributed by atoms with Crippen LogP contribution in [-0.4, -0.2) is 23.5 Å². The SMILES string of the molecule is O=C(O)C1CCC(C(=O)NCCc2ccc(Br)s2)C1. The standard InChI is InChI=1S/C13H16BrNO3S/c14-11-4-3-10(19-11)5-6-15-12(16)8-1-2-9(7-8)13(17)18/h3-4,8-9H,1-2,5-7H2,(H,15,16)(H,17,18). The van der Waals surface area contributed by atoms with Crippen molar-refractivity contribution >= 4 is 39.1 Å². The normalized spacial score (nSPS) is 22.4. The average molecular weight is 346 g/mol. The third kappa shape index (κ3) is 4.04. The number of aliphatic carboxylic acids is 1. The lowest BCUT2D eigenvalue weighted by Crippen LogP contribution is -2.31. The molecular formula is C13H16BrNO3S. The van der Waals surface area contributed by atoms with Crippen LogP contribution in [0.25, 0.3) is 0 Å². The van der Waals surface area contributed by atoms with Gasteiger partial charge in [0.25, 0.3) is 0 Å². The number of hydrogen-bond acceptors (Lipinski definition) is 3. The molecule has 4 nitrogen and oxygen atoms in total. The first-order chi connectivity index (χ1) is 9.06. The molecule has 1 saturated carbocycles. The molecule has 1 amide bonds. The van der Waals surface area contributed by atoms with Crippen molar-refractivity contribution in [1.29, 1.82) is 0 Å². The number of carbonyl (C=O) groups excluding carboxylic acids is 1. The zero-order chi connectivity index (χ0) is 13.8. The fourth-order valence-corrected chi connectivity index (χ4v) is 3.87. The van der Waals surface area contributed by atoms with Crippen molar-refractivity contribution < 1.29 is 14.7 Å². The lowest BCUT2D eigenvalue weighted by atomic mass is 10.0. The van der Waals surface area contributed by atoms with Gasteiger partial charge < -0.3 is 10.4 Å². The number of nitrogens with one attached hydrogen (secondary N) is 1. The van der Waals surface area contributed by atoms with E-state index in [1.165, 1.54) is 4.88 Å². The summed E-state index contributed by atoms with van der Waals surface area (Å²) in [6, 6.07) is 4.03. The van der Waals surface area contributed by atoms with Crippen molar-refractivity contribution in [1.82, 2.24) is 5.32 Å². The number of amides is 1. The first kappa shape index (κ1) is 14.5. The number of thiophene rings is 1. The maximum atomic E-state index is 11.9. The quantitative estimate of drug-likeness (QED) is 0.861. The second-order valence-electron chi connectivity index (χ2n) is 4.79. The molecule has 19 heavy (non-hydrogen) atoms. The summed E-state index contributed by atoms with van der Waals surface area (Å²) < 4.78 is 1.09. The van der Waals surface area contributed by atoms with Crippen LogP contribution in [0.15, 0.2) is 15.9 Å². The second-order valence-corrected chi connectivity index (χ2v) is 7.34. The van der Waals surface area contributed by atoms with E-state index in [-0.39, 0.29) is 17.7 Å². The van der Waals surface area contributed by atoms with Gasteiger partial charge in [0.2, 0.25) is 5.91 Å². The summed E-state index contributed by atoms with van der Waals surface area (Å²) in [7, 11) is 0. The Labute approximate surface area is 124 Å². The Bertz CT molecular complexity index is 474. The molecule has 1 fully saturated rings. The first-order valence-electron chi connectivity index (χ1n) is 6.31. The van der Waals surface area contributed by atoms with Crippen LogP contribution >= 0.6 is 27.3 Å². The summed E-state index contributed by atoms with van der Waals surface area (Å²) in [5, 5.41) is 11.8. The molecule has 1 aliphatic rings. The van der Waals surface area contributed by atoms with Crippen molar-refractivity contribution in [3.63, 3.8) is 0 Å². The van der Waals surface area contributed by atoms with Gasteiger partial charge in [-0.2, -0.15) is 0 Å². The van der Waals surface area contributed by atoms with Crippen LogP contribution in [0.2, 0.25) is 0 Å². The minimum Gasteiger partial charge on any atom is -0.481 e. The highest BCUT2D eigenvalue weighted by Gasteiger charge is 2.33. The number of carboxylic acid groups (broad SMARTS) is 1. The zero-order valence-electron chi connectivity index (χ0n) is 10.4. The van der Waals surface area contributed by atoms with Gasteiger partial charge in [0, 0.05) is 17.3 Å². The van der Waals surface area contributed by atoms with Crippen LogP contribution in [-0.2, 0) is 16.0 Å². The molecule has 1 aromatic rings. The Hall–Kier alpha value is -0.880. The molecule has 0 aliphatic heterocycles. The van der Waals surface area contributed by atoms with Gasteiger partial charge in [-0.25, -0.2) is 0 Å². The molecule has 0 bridgehead atoms. The summed E-state index contributed by atoms with van der Waals surface area (Å²) in [4.78, 5) is 24.0. The molecule has 2 rings (SSSR count). The van der Waals surface area contributed by atoms with Crippen LogP contribution in [0, 0.1) is 11.8 Å². The van der Waals surface area contributed by atoms with Crippen molar-refractivity contribution in [2.24, 2.45) is 11.8 Å². The Morgan fingerprint density at radius 3 is 2.68 bits per heavy atom. The van der Waals surface area contributed by atoms with Crippen molar-refractivity contribution in [3.8, 4) is 0 Å². The van der Waals surface area contributed by atoms with Gasteiger partial charge in [-0.1, -0.05) is 0 Å². The Kier molecular flexibility index (Phi) is 4.99. The van der Waals surface area contributed by atoms with Gasteiger partial charge in [0.05, 0.1) is 9.70 Å². The molecule has 0 radical (unpaired) electrons. The average Bonchev–Trinajstić information content (AvgIpc) is 2.98. The molecule has 0 spiro atoms. The van der Waals surface area contributed by atoms with Crippen molar-refractivity contribution in [3.05, 3.63) is 20.8 Å². The summed E-state index contributed by atoms with van der Waals surface area (Å²) in [6.07, 6.45) is 2.60. The van der Waals surface area contributed by atoms with Gasteiger partial charge >= 0.3 is 5.97 Å². The van der Waals surface area contributed by atoms with Gasteiger partial charge in [-0.05, 0) is 53.7 Å². The Morgan fingerprint density at radius 1 is 1.37 bits per heavy atom. The molecule has 0 saturated heterocycles. The van der Waals surface area contributed by atoms with Gasteiger partial charge in [-0.3, -0.25) is 9.59 Å². The molecule has 1 heterocycles. The first-order valence-corrected chi connectivity index (χ1v) is 7.92. The van der Waals surface area contributed by atoms with Gasteiger partial charge in [0.1, 0.15) is 0 Å². The molecule has 6 heteroatoms. The topological polar surface area (TPSA) is 66.4 Å².